The first-order chi connectivity index (χ1) is 12.2. The van der Waals surface area contributed by atoms with Gasteiger partial charge in [0.05, 0.1) is 13.2 Å². The van der Waals surface area contributed by atoms with Crippen molar-refractivity contribution in [1.29, 1.82) is 0 Å². The molecule has 0 spiro atoms. The Hall–Kier alpha value is -2.72. The van der Waals surface area contributed by atoms with Crippen LogP contribution in [-0.4, -0.2) is 7.11 Å². The zero-order valence-electron chi connectivity index (χ0n) is 13.9. The summed E-state index contributed by atoms with van der Waals surface area (Å²) in [5.74, 6) is 0.255. The Morgan fingerprint density at radius 3 is 1.76 bits per heavy atom. The van der Waals surface area contributed by atoms with Gasteiger partial charge in [-0.05, 0) is 53.1 Å². The van der Waals surface area contributed by atoms with Crippen molar-refractivity contribution in [1.82, 2.24) is 5.32 Å². The number of methoxy groups -OCH3 is 1. The van der Waals surface area contributed by atoms with Crippen LogP contribution in [-0.2, 0) is 6.54 Å². The lowest BCUT2D eigenvalue weighted by Gasteiger charge is -2.20. The third kappa shape index (κ3) is 4.43. The van der Waals surface area contributed by atoms with Crippen molar-refractivity contribution in [2.24, 2.45) is 0 Å². The first-order valence-corrected chi connectivity index (χ1v) is 8.03. The van der Waals surface area contributed by atoms with E-state index in [-0.39, 0.29) is 17.7 Å². The van der Waals surface area contributed by atoms with Gasteiger partial charge in [-0.15, -0.1) is 0 Å². The van der Waals surface area contributed by atoms with Crippen LogP contribution in [0.1, 0.15) is 22.7 Å². The van der Waals surface area contributed by atoms with E-state index in [4.69, 9.17) is 4.74 Å². The van der Waals surface area contributed by atoms with Gasteiger partial charge in [-0.25, -0.2) is 8.78 Å². The minimum absolute atomic E-state index is 0.114. The van der Waals surface area contributed by atoms with Gasteiger partial charge in [0.15, 0.2) is 0 Å². The average Bonchev–Trinajstić information content (AvgIpc) is 2.65. The molecule has 25 heavy (non-hydrogen) atoms. The van der Waals surface area contributed by atoms with Gasteiger partial charge in [0.25, 0.3) is 0 Å². The second-order valence-corrected chi connectivity index (χ2v) is 5.77. The SMILES string of the molecule is COc1ccc(C(NCc2ccc(F)cc2)c2ccc(F)cc2)cc1. The summed E-state index contributed by atoms with van der Waals surface area (Å²) in [6, 6.07) is 20.4. The zero-order valence-corrected chi connectivity index (χ0v) is 13.9. The molecule has 3 aromatic carbocycles. The molecule has 3 rings (SSSR count). The van der Waals surface area contributed by atoms with Gasteiger partial charge in [0.1, 0.15) is 17.4 Å². The third-order valence-corrected chi connectivity index (χ3v) is 4.08. The summed E-state index contributed by atoms with van der Waals surface area (Å²) in [7, 11) is 1.62. The summed E-state index contributed by atoms with van der Waals surface area (Å²) in [5, 5.41) is 3.46. The van der Waals surface area contributed by atoms with Crippen molar-refractivity contribution in [2.75, 3.05) is 7.11 Å². The van der Waals surface area contributed by atoms with E-state index in [9.17, 15) is 8.78 Å². The zero-order chi connectivity index (χ0) is 17.6. The molecule has 128 valence electrons. The van der Waals surface area contributed by atoms with Crippen LogP contribution in [0.25, 0.3) is 0 Å². The molecule has 0 aliphatic carbocycles. The average molecular weight is 339 g/mol. The summed E-state index contributed by atoms with van der Waals surface area (Å²) in [6.45, 7) is 0.564. The van der Waals surface area contributed by atoms with Gasteiger partial charge in [-0.1, -0.05) is 36.4 Å². The maximum absolute atomic E-state index is 13.3. The second-order valence-electron chi connectivity index (χ2n) is 5.77. The number of hydrogen-bond acceptors (Lipinski definition) is 2. The molecule has 1 unspecified atom stereocenters. The van der Waals surface area contributed by atoms with E-state index in [2.05, 4.69) is 5.32 Å². The van der Waals surface area contributed by atoms with Crippen molar-refractivity contribution in [2.45, 2.75) is 12.6 Å². The highest BCUT2D eigenvalue weighted by Gasteiger charge is 2.14. The fourth-order valence-electron chi connectivity index (χ4n) is 2.70. The highest BCUT2D eigenvalue weighted by atomic mass is 19.1. The van der Waals surface area contributed by atoms with E-state index in [1.165, 1.54) is 24.3 Å². The molecule has 1 N–H and O–H groups in total. The van der Waals surface area contributed by atoms with Crippen LogP contribution in [0.3, 0.4) is 0 Å². The molecule has 0 radical (unpaired) electrons. The lowest BCUT2D eigenvalue weighted by molar-refractivity contribution is 0.414. The van der Waals surface area contributed by atoms with E-state index < -0.39 is 0 Å². The number of hydrogen-bond donors (Lipinski definition) is 1. The van der Waals surface area contributed by atoms with Gasteiger partial charge in [0.2, 0.25) is 0 Å². The van der Waals surface area contributed by atoms with Gasteiger partial charge < -0.3 is 10.1 Å². The summed E-state index contributed by atoms with van der Waals surface area (Å²) < 4.78 is 31.5. The van der Waals surface area contributed by atoms with Crippen LogP contribution in [0.15, 0.2) is 72.8 Å². The molecule has 0 aliphatic heterocycles. The van der Waals surface area contributed by atoms with Gasteiger partial charge in [0, 0.05) is 6.54 Å². The van der Waals surface area contributed by atoms with E-state index in [1.54, 1.807) is 31.4 Å². The lowest BCUT2D eigenvalue weighted by atomic mass is 9.98. The molecule has 3 aromatic rings. The van der Waals surface area contributed by atoms with Crippen molar-refractivity contribution in [3.63, 3.8) is 0 Å². The predicted octanol–water partition coefficient (Wildman–Crippen LogP) is 4.85. The number of benzene rings is 3. The second kappa shape index (κ2) is 7.90. The molecule has 0 saturated carbocycles. The van der Waals surface area contributed by atoms with E-state index >= 15 is 0 Å². The molecule has 0 amide bonds. The molecule has 0 aliphatic rings. The topological polar surface area (TPSA) is 21.3 Å². The van der Waals surface area contributed by atoms with Crippen LogP contribution in [0.4, 0.5) is 8.78 Å². The first-order valence-electron chi connectivity index (χ1n) is 8.03. The van der Waals surface area contributed by atoms with Crippen LogP contribution in [0.5, 0.6) is 5.75 Å². The van der Waals surface area contributed by atoms with Crippen LogP contribution in [0.2, 0.25) is 0 Å². The largest absolute Gasteiger partial charge is 0.497 e. The molecule has 0 aromatic heterocycles. The number of nitrogens with one attached hydrogen (secondary N) is 1. The van der Waals surface area contributed by atoms with Gasteiger partial charge in [-0.2, -0.15) is 0 Å². The normalized spacial score (nSPS) is 12.0. The summed E-state index contributed by atoms with van der Waals surface area (Å²) in [5.41, 5.74) is 2.96. The van der Waals surface area contributed by atoms with Gasteiger partial charge >= 0.3 is 0 Å². The van der Waals surface area contributed by atoms with Crippen molar-refractivity contribution < 1.29 is 13.5 Å². The monoisotopic (exact) mass is 339 g/mol. The smallest absolute Gasteiger partial charge is 0.123 e. The van der Waals surface area contributed by atoms with E-state index in [1.807, 2.05) is 24.3 Å². The molecule has 0 bridgehead atoms. The quantitative estimate of drug-likeness (QED) is 0.693. The first kappa shape index (κ1) is 17.1. The Balaban J connectivity index is 1.85. The number of halogens is 2. The molecule has 1 atom stereocenters. The number of ether oxygens (including phenoxy) is 1. The molecule has 0 heterocycles. The fourth-order valence-corrected chi connectivity index (χ4v) is 2.70. The minimum atomic E-state index is -0.268. The summed E-state index contributed by atoms with van der Waals surface area (Å²) in [4.78, 5) is 0. The maximum atomic E-state index is 13.3. The Bertz CT molecular complexity index is 799. The van der Waals surface area contributed by atoms with Crippen molar-refractivity contribution >= 4 is 0 Å². The summed E-state index contributed by atoms with van der Waals surface area (Å²) >= 11 is 0. The molecular weight excluding hydrogens is 320 g/mol. The Labute approximate surface area is 146 Å². The number of rotatable bonds is 6. The Morgan fingerprint density at radius 2 is 1.24 bits per heavy atom. The van der Waals surface area contributed by atoms with Crippen molar-refractivity contribution in [3.8, 4) is 5.75 Å². The highest BCUT2D eigenvalue weighted by Crippen LogP contribution is 2.25. The van der Waals surface area contributed by atoms with Crippen molar-refractivity contribution in [3.05, 3.63) is 101 Å². The molecule has 2 nitrogen and oxygen atoms in total. The van der Waals surface area contributed by atoms with Crippen LogP contribution >= 0.6 is 0 Å². The van der Waals surface area contributed by atoms with Crippen LogP contribution < -0.4 is 10.1 Å². The molecule has 0 saturated heterocycles. The standard InChI is InChI=1S/C21H19F2NO/c1-25-20-12-6-17(7-13-20)21(16-4-10-19(23)11-5-16)24-14-15-2-8-18(22)9-3-15/h2-13,21,24H,14H2,1H3. The lowest BCUT2D eigenvalue weighted by Crippen LogP contribution is -2.22. The third-order valence-electron chi connectivity index (χ3n) is 4.08. The van der Waals surface area contributed by atoms with Crippen LogP contribution in [0, 0.1) is 11.6 Å². The van der Waals surface area contributed by atoms with Gasteiger partial charge in [-0.3, -0.25) is 0 Å². The fraction of sp³-hybridized carbons (Fsp3) is 0.143. The van der Waals surface area contributed by atoms with E-state index in [0.29, 0.717) is 6.54 Å². The maximum Gasteiger partial charge on any atom is 0.123 e. The molecular formula is C21H19F2NO. The predicted molar refractivity (Wildman–Crippen MR) is 94.5 cm³/mol. The summed E-state index contributed by atoms with van der Waals surface area (Å²) in [6.07, 6.45) is 0. The minimum Gasteiger partial charge on any atom is -0.497 e. The Kier molecular flexibility index (Phi) is 5.41. The molecule has 4 heteroatoms. The molecule has 0 fully saturated rings. The highest BCUT2D eigenvalue weighted by molar-refractivity contribution is 5.36. The Morgan fingerprint density at radius 1 is 0.760 bits per heavy atom. The van der Waals surface area contributed by atoms with E-state index in [0.717, 1.165) is 22.4 Å².